The van der Waals surface area contributed by atoms with Crippen LogP contribution < -0.4 is 11.1 Å². The molecule has 1 heterocycles. The highest BCUT2D eigenvalue weighted by Gasteiger charge is 2.04. The highest BCUT2D eigenvalue weighted by molar-refractivity contribution is 9.10. The number of rotatable bonds is 4. The molecule has 1 aromatic carbocycles. The van der Waals surface area contributed by atoms with Crippen LogP contribution in [-0.2, 0) is 6.54 Å². The van der Waals surface area contributed by atoms with Crippen LogP contribution in [0.5, 0.6) is 0 Å². The number of pyridine rings is 1. The zero-order chi connectivity index (χ0) is 13.8. The Hall–Kier alpha value is -1.55. The van der Waals surface area contributed by atoms with Gasteiger partial charge in [0.1, 0.15) is 0 Å². The van der Waals surface area contributed by atoms with Gasteiger partial charge in [0.2, 0.25) is 0 Å². The van der Waals surface area contributed by atoms with Crippen molar-refractivity contribution in [3.63, 3.8) is 0 Å². The van der Waals surface area contributed by atoms with Crippen molar-refractivity contribution in [2.24, 2.45) is 0 Å². The molecule has 19 heavy (non-hydrogen) atoms. The highest BCUT2D eigenvalue weighted by atomic mass is 79.9. The van der Waals surface area contributed by atoms with Gasteiger partial charge >= 0.3 is 0 Å². The molecule has 0 fully saturated rings. The molecule has 0 bridgehead atoms. The Bertz CT molecular complexity index is 530. The SMILES string of the molecule is CC(C)c1ccc(CNc2c(N)cncc2Br)cc1. The van der Waals surface area contributed by atoms with E-state index < -0.39 is 0 Å². The minimum absolute atomic E-state index is 0.562. The average molecular weight is 320 g/mol. The summed E-state index contributed by atoms with van der Waals surface area (Å²) in [6.45, 7) is 5.13. The first-order valence-corrected chi connectivity index (χ1v) is 7.09. The topological polar surface area (TPSA) is 50.9 Å². The van der Waals surface area contributed by atoms with Gasteiger partial charge in [0.15, 0.2) is 0 Å². The number of nitrogens with zero attached hydrogens (tertiary/aromatic N) is 1. The fourth-order valence-corrected chi connectivity index (χ4v) is 2.33. The van der Waals surface area contributed by atoms with Crippen molar-refractivity contribution < 1.29 is 0 Å². The predicted octanol–water partition coefficient (Wildman–Crippen LogP) is 4.16. The van der Waals surface area contributed by atoms with Gasteiger partial charge in [-0.3, -0.25) is 4.98 Å². The number of nitrogens with two attached hydrogens (primary N) is 1. The Kier molecular flexibility index (Phi) is 4.43. The fourth-order valence-electron chi connectivity index (χ4n) is 1.85. The van der Waals surface area contributed by atoms with E-state index in [9.17, 15) is 0 Å². The second-order valence-electron chi connectivity index (χ2n) is 4.84. The van der Waals surface area contributed by atoms with Crippen LogP contribution in [0.15, 0.2) is 41.1 Å². The molecular formula is C15H18BrN3. The molecule has 0 saturated heterocycles. The monoisotopic (exact) mass is 319 g/mol. The lowest BCUT2D eigenvalue weighted by Crippen LogP contribution is -2.04. The average Bonchev–Trinajstić information content (AvgIpc) is 2.38. The van der Waals surface area contributed by atoms with Crippen molar-refractivity contribution in [1.82, 2.24) is 4.98 Å². The molecule has 0 unspecified atom stereocenters. The highest BCUT2D eigenvalue weighted by Crippen LogP contribution is 2.27. The molecule has 0 radical (unpaired) electrons. The van der Waals surface area contributed by atoms with Crippen molar-refractivity contribution >= 4 is 27.3 Å². The van der Waals surface area contributed by atoms with Crippen LogP contribution in [0.3, 0.4) is 0 Å². The Balaban J connectivity index is 2.06. The van der Waals surface area contributed by atoms with E-state index >= 15 is 0 Å². The number of hydrogen-bond acceptors (Lipinski definition) is 3. The van der Waals surface area contributed by atoms with E-state index in [4.69, 9.17) is 5.73 Å². The Morgan fingerprint density at radius 2 is 1.89 bits per heavy atom. The van der Waals surface area contributed by atoms with Gasteiger partial charge in [0.25, 0.3) is 0 Å². The van der Waals surface area contributed by atoms with E-state index in [0.29, 0.717) is 11.6 Å². The second kappa shape index (κ2) is 6.06. The fraction of sp³-hybridized carbons (Fsp3) is 0.267. The van der Waals surface area contributed by atoms with Gasteiger partial charge in [-0.25, -0.2) is 0 Å². The lowest BCUT2D eigenvalue weighted by molar-refractivity contribution is 0.865. The lowest BCUT2D eigenvalue weighted by atomic mass is 10.0. The summed E-state index contributed by atoms with van der Waals surface area (Å²) in [4.78, 5) is 4.02. The van der Waals surface area contributed by atoms with E-state index in [1.807, 2.05) is 0 Å². The third-order valence-electron chi connectivity index (χ3n) is 3.04. The molecule has 3 nitrogen and oxygen atoms in total. The van der Waals surface area contributed by atoms with E-state index in [1.54, 1.807) is 12.4 Å². The summed E-state index contributed by atoms with van der Waals surface area (Å²) in [5, 5.41) is 3.33. The molecule has 2 aromatic rings. The maximum atomic E-state index is 5.89. The minimum Gasteiger partial charge on any atom is -0.396 e. The first kappa shape index (κ1) is 13.9. The summed E-state index contributed by atoms with van der Waals surface area (Å²) >= 11 is 3.45. The van der Waals surface area contributed by atoms with Crippen LogP contribution in [0.2, 0.25) is 0 Å². The van der Waals surface area contributed by atoms with Crippen molar-refractivity contribution in [2.45, 2.75) is 26.3 Å². The van der Waals surface area contributed by atoms with Gasteiger partial charge in [-0.1, -0.05) is 38.1 Å². The summed E-state index contributed by atoms with van der Waals surface area (Å²) in [6, 6.07) is 8.64. The zero-order valence-electron chi connectivity index (χ0n) is 11.2. The largest absolute Gasteiger partial charge is 0.396 e. The standard InChI is InChI=1S/C15H18BrN3/c1-10(2)12-5-3-11(4-6-12)7-19-15-13(16)8-18-9-14(15)17/h3-6,8-10H,7,17H2,1-2H3,(H,18,19). The smallest absolute Gasteiger partial charge is 0.0752 e. The molecule has 0 aliphatic heterocycles. The maximum Gasteiger partial charge on any atom is 0.0752 e. The molecule has 0 saturated carbocycles. The Morgan fingerprint density at radius 3 is 2.47 bits per heavy atom. The molecule has 0 amide bonds. The van der Waals surface area contributed by atoms with Crippen LogP contribution >= 0.6 is 15.9 Å². The van der Waals surface area contributed by atoms with Gasteiger partial charge in [0.05, 0.1) is 22.0 Å². The minimum atomic E-state index is 0.562. The summed E-state index contributed by atoms with van der Waals surface area (Å²) in [6.07, 6.45) is 3.38. The van der Waals surface area contributed by atoms with Gasteiger partial charge in [-0.2, -0.15) is 0 Å². The second-order valence-corrected chi connectivity index (χ2v) is 5.69. The number of nitrogen functional groups attached to an aromatic ring is 1. The Labute approximate surface area is 122 Å². The summed E-state index contributed by atoms with van der Waals surface area (Å²) in [5.41, 5.74) is 10.0. The lowest BCUT2D eigenvalue weighted by Gasteiger charge is -2.12. The molecule has 0 atom stereocenters. The first-order valence-electron chi connectivity index (χ1n) is 6.29. The molecule has 0 aliphatic carbocycles. The third kappa shape index (κ3) is 3.47. The molecular weight excluding hydrogens is 302 g/mol. The van der Waals surface area contributed by atoms with Crippen molar-refractivity contribution in [3.05, 3.63) is 52.3 Å². The number of aromatic nitrogens is 1. The van der Waals surface area contributed by atoms with E-state index in [2.05, 4.69) is 64.3 Å². The molecule has 1 aromatic heterocycles. The van der Waals surface area contributed by atoms with E-state index in [-0.39, 0.29) is 0 Å². The molecule has 2 rings (SSSR count). The van der Waals surface area contributed by atoms with Crippen LogP contribution in [0.4, 0.5) is 11.4 Å². The van der Waals surface area contributed by atoms with Gasteiger partial charge in [-0.15, -0.1) is 0 Å². The molecule has 4 heteroatoms. The Morgan fingerprint density at radius 1 is 1.21 bits per heavy atom. The van der Waals surface area contributed by atoms with Crippen LogP contribution in [-0.4, -0.2) is 4.98 Å². The van der Waals surface area contributed by atoms with Crippen molar-refractivity contribution in [2.75, 3.05) is 11.1 Å². The zero-order valence-corrected chi connectivity index (χ0v) is 12.7. The van der Waals surface area contributed by atoms with Crippen LogP contribution in [0.25, 0.3) is 0 Å². The molecule has 0 spiro atoms. The van der Waals surface area contributed by atoms with Crippen LogP contribution in [0.1, 0.15) is 30.9 Å². The maximum absolute atomic E-state index is 5.89. The van der Waals surface area contributed by atoms with E-state index in [1.165, 1.54) is 11.1 Å². The quantitative estimate of drug-likeness (QED) is 0.889. The first-order chi connectivity index (χ1) is 9.08. The van der Waals surface area contributed by atoms with E-state index in [0.717, 1.165) is 16.7 Å². The summed E-state index contributed by atoms with van der Waals surface area (Å²) in [7, 11) is 0. The number of halogens is 1. The number of nitrogens with one attached hydrogen (secondary N) is 1. The number of benzene rings is 1. The van der Waals surface area contributed by atoms with Gasteiger partial charge in [-0.05, 0) is 33.0 Å². The molecule has 100 valence electrons. The predicted molar refractivity (Wildman–Crippen MR) is 84.2 cm³/mol. The summed E-state index contributed by atoms with van der Waals surface area (Å²) in [5.74, 6) is 0.562. The number of hydrogen-bond donors (Lipinski definition) is 2. The molecule has 0 aliphatic rings. The molecule has 3 N–H and O–H groups in total. The van der Waals surface area contributed by atoms with Gasteiger partial charge < -0.3 is 11.1 Å². The summed E-state index contributed by atoms with van der Waals surface area (Å²) < 4.78 is 0.881. The normalized spacial score (nSPS) is 10.7. The van der Waals surface area contributed by atoms with Crippen LogP contribution in [0, 0.1) is 0 Å². The van der Waals surface area contributed by atoms with Crippen molar-refractivity contribution in [3.8, 4) is 0 Å². The van der Waals surface area contributed by atoms with Crippen molar-refractivity contribution in [1.29, 1.82) is 0 Å². The van der Waals surface area contributed by atoms with Gasteiger partial charge in [0, 0.05) is 12.7 Å². The number of anilines is 2. The third-order valence-corrected chi connectivity index (χ3v) is 3.65.